The molecule has 0 saturated heterocycles. The van der Waals surface area contributed by atoms with E-state index >= 15 is 0 Å². The van der Waals surface area contributed by atoms with Crippen molar-refractivity contribution in [2.45, 2.75) is 42.4 Å². The topological polar surface area (TPSA) is 121 Å². The Hall–Kier alpha value is -2.48. The van der Waals surface area contributed by atoms with Crippen LogP contribution in [0.4, 0.5) is 26.3 Å². The minimum absolute atomic E-state index is 0.161. The van der Waals surface area contributed by atoms with E-state index in [0.717, 1.165) is 0 Å². The van der Waals surface area contributed by atoms with Gasteiger partial charge in [-0.15, -0.1) is 6.58 Å². The van der Waals surface area contributed by atoms with E-state index in [-0.39, 0.29) is 12.1 Å². The van der Waals surface area contributed by atoms with Crippen LogP contribution in [0.2, 0.25) is 0 Å². The summed E-state index contributed by atoms with van der Waals surface area (Å²) in [5, 5.41) is 62.2. The molecule has 12 heteroatoms. The summed E-state index contributed by atoms with van der Waals surface area (Å²) in [7, 11) is 0. The monoisotopic (exact) mass is 496 g/mol. The van der Waals surface area contributed by atoms with Crippen LogP contribution in [0.15, 0.2) is 36.9 Å². The Morgan fingerprint density at radius 2 is 1.24 bits per heavy atom. The number of aliphatic hydroxyl groups excluding tert-OH is 4. The molecule has 34 heavy (non-hydrogen) atoms. The lowest BCUT2D eigenvalue weighted by Crippen LogP contribution is -2.66. The van der Waals surface area contributed by atoms with E-state index in [1.807, 2.05) is 0 Å². The fourth-order valence-electron chi connectivity index (χ4n) is 3.60. The third-order valence-corrected chi connectivity index (χ3v) is 5.45. The quantitative estimate of drug-likeness (QED) is 0.166. The fraction of sp³-hybridized carbons (Fsp3) is 0.364. The Kier molecular flexibility index (Phi) is 8.51. The first-order valence-corrected chi connectivity index (χ1v) is 9.70. The molecule has 0 heterocycles. The molecule has 0 spiro atoms. The third kappa shape index (κ3) is 5.43. The van der Waals surface area contributed by atoms with Crippen LogP contribution in [0.5, 0.6) is 0 Å². The number of rotatable bonds is 10. The van der Waals surface area contributed by atoms with Crippen molar-refractivity contribution >= 4 is 0 Å². The summed E-state index contributed by atoms with van der Waals surface area (Å²) in [5.74, 6) is -9.29. The molecule has 6 nitrogen and oxygen atoms in total. The average Bonchev–Trinajstić information content (AvgIpc) is 2.78. The van der Waals surface area contributed by atoms with Gasteiger partial charge in [-0.1, -0.05) is 6.08 Å². The maximum absolute atomic E-state index is 14.2. The predicted molar refractivity (Wildman–Crippen MR) is 105 cm³/mol. The first-order chi connectivity index (χ1) is 15.7. The third-order valence-electron chi connectivity index (χ3n) is 5.45. The van der Waals surface area contributed by atoms with Gasteiger partial charge in [-0.25, -0.2) is 26.3 Å². The standard InChI is InChI=1S/C22H22F6O6/c1-2-21(33,7-10-3-12(23)5-14(25)17(10)27)20(32)22(34,19(31)16(30)9-29)8-11-4-13(24)6-15(26)18(11)28/h2-6,16,19-20,29-34H,1,7-9H2/t16-,19+,20+,21?,22+/m0/s1. The van der Waals surface area contributed by atoms with Crippen molar-refractivity contribution < 1.29 is 57.0 Å². The van der Waals surface area contributed by atoms with Gasteiger partial charge in [0.2, 0.25) is 0 Å². The van der Waals surface area contributed by atoms with E-state index in [1.54, 1.807) is 0 Å². The number of hydrogen-bond donors (Lipinski definition) is 6. The van der Waals surface area contributed by atoms with Crippen molar-refractivity contribution in [3.63, 3.8) is 0 Å². The number of hydrogen-bond acceptors (Lipinski definition) is 6. The first-order valence-electron chi connectivity index (χ1n) is 9.70. The Morgan fingerprint density at radius 1 is 0.794 bits per heavy atom. The molecule has 1 unspecified atom stereocenters. The molecule has 5 atom stereocenters. The van der Waals surface area contributed by atoms with Crippen LogP contribution < -0.4 is 0 Å². The summed E-state index contributed by atoms with van der Waals surface area (Å²) in [4.78, 5) is 0. The zero-order chi connectivity index (χ0) is 26.0. The van der Waals surface area contributed by atoms with Crippen LogP contribution in [-0.2, 0) is 12.8 Å². The number of halogens is 6. The minimum atomic E-state index is -3.28. The van der Waals surface area contributed by atoms with Crippen LogP contribution in [0, 0.1) is 34.9 Å². The Balaban J connectivity index is 2.61. The van der Waals surface area contributed by atoms with Crippen LogP contribution in [0.25, 0.3) is 0 Å². The summed E-state index contributed by atoms with van der Waals surface area (Å²) in [6.07, 6.45) is -9.61. The van der Waals surface area contributed by atoms with Crippen LogP contribution >= 0.6 is 0 Å². The van der Waals surface area contributed by atoms with E-state index in [2.05, 4.69) is 6.58 Å². The summed E-state index contributed by atoms with van der Waals surface area (Å²) in [5.41, 5.74) is -8.01. The minimum Gasteiger partial charge on any atom is -0.394 e. The van der Waals surface area contributed by atoms with Crippen LogP contribution in [-0.4, -0.2) is 66.8 Å². The van der Waals surface area contributed by atoms with Gasteiger partial charge in [0.25, 0.3) is 0 Å². The van der Waals surface area contributed by atoms with Gasteiger partial charge in [-0.3, -0.25) is 0 Å². The Morgan fingerprint density at radius 3 is 1.65 bits per heavy atom. The predicted octanol–water partition coefficient (Wildman–Crippen LogP) is 1.03. The second-order valence-electron chi connectivity index (χ2n) is 7.86. The van der Waals surface area contributed by atoms with Gasteiger partial charge in [0.05, 0.1) is 6.61 Å². The van der Waals surface area contributed by atoms with Crippen molar-refractivity contribution in [3.8, 4) is 0 Å². The second-order valence-corrected chi connectivity index (χ2v) is 7.86. The SMILES string of the molecule is C=CC(O)(Cc1cc(F)cc(F)c1F)[C@@H](O)[C@@](O)(Cc1cc(F)cc(F)c1F)[C@H](O)[C@@H](O)CO. The van der Waals surface area contributed by atoms with Gasteiger partial charge < -0.3 is 30.6 Å². The van der Waals surface area contributed by atoms with Gasteiger partial charge in [-0.2, -0.15) is 0 Å². The van der Waals surface area contributed by atoms with Crippen molar-refractivity contribution in [1.29, 1.82) is 0 Å². The summed E-state index contributed by atoms with van der Waals surface area (Å²) >= 11 is 0. The van der Waals surface area contributed by atoms with Gasteiger partial charge in [0, 0.05) is 25.0 Å². The number of aliphatic hydroxyl groups is 6. The first kappa shape index (κ1) is 27.8. The highest BCUT2D eigenvalue weighted by Gasteiger charge is 2.54. The van der Waals surface area contributed by atoms with Gasteiger partial charge in [0.15, 0.2) is 23.3 Å². The molecule has 188 valence electrons. The molecule has 0 bridgehead atoms. The lowest BCUT2D eigenvalue weighted by atomic mass is 9.73. The molecule has 6 N–H and O–H groups in total. The van der Waals surface area contributed by atoms with E-state index in [9.17, 15) is 51.9 Å². The van der Waals surface area contributed by atoms with Crippen molar-refractivity contribution in [3.05, 3.63) is 83.0 Å². The summed E-state index contributed by atoms with van der Waals surface area (Å²) < 4.78 is 82.9. The second kappa shape index (κ2) is 10.4. The largest absolute Gasteiger partial charge is 0.394 e. The van der Waals surface area contributed by atoms with Crippen molar-refractivity contribution in [2.75, 3.05) is 6.61 Å². The van der Waals surface area contributed by atoms with E-state index in [0.29, 0.717) is 18.2 Å². The molecule has 0 fully saturated rings. The van der Waals surface area contributed by atoms with Crippen molar-refractivity contribution in [2.24, 2.45) is 0 Å². The highest BCUT2D eigenvalue weighted by Crippen LogP contribution is 2.35. The summed E-state index contributed by atoms with van der Waals surface area (Å²) in [6, 6.07) is 1.21. The molecule has 0 radical (unpaired) electrons. The van der Waals surface area contributed by atoms with Crippen LogP contribution in [0.1, 0.15) is 11.1 Å². The van der Waals surface area contributed by atoms with Gasteiger partial charge in [0.1, 0.15) is 41.1 Å². The Bertz CT molecular complexity index is 1050. The molecule has 0 aliphatic rings. The van der Waals surface area contributed by atoms with E-state index < -0.39 is 95.0 Å². The van der Waals surface area contributed by atoms with Gasteiger partial charge >= 0.3 is 0 Å². The molecule has 2 rings (SSSR count). The van der Waals surface area contributed by atoms with E-state index in [4.69, 9.17) is 5.11 Å². The molecule has 0 saturated carbocycles. The van der Waals surface area contributed by atoms with Gasteiger partial charge in [-0.05, 0) is 23.3 Å². The lowest BCUT2D eigenvalue weighted by molar-refractivity contribution is -0.218. The fourth-order valence-corrected chi connectivity index (χ4v) is 3.60. The molecule has 0 amide bonds. The molecule has 2 aromatic carbocycles. The number of benzene rings is 2. The molecule has 0 aliphatic carbocycles. The molecular weight excluding hydrogens is 474 g/mol. The molecule has 0 aliphatic heterocycles. The average molecular weight is 496 g/mol. The maximum atomic E-state index is 14.2. The molecular formula is C22H22F6O6. The summed E-state index contributed by atoms with van der Waals surface area (Å²) in [6.45, 7) is 1.97. The zero-order valence-electron chi connectivity index (χ0n) is 17.4. The maximum Gasteiger partial charge on any atom is 0.162 e. The lowest BCUT2D eigenvalue weighted by Gasteiger charge is -2.45. The Labute approximate surface area is 189 Å². The normalized spacial score (nSPS) is 18.0. The van der Waals surface area contributed by atoms with E-state index in [1.165, 1.54) is 0 Å². The van der Waals surface area contributed by atoms with Crippen LogP contribution in [0.3, 0.4) is 0 Å². The molecule has 0 aromatic heterocycles. The molecule has 2 aromatic rings. The zero-order valence-corrected chi connectivity index (χ0v) is 17.4. The highest BCUT2D eigenvalue weighted by molar-refractivity contribution is 5.28. The smallest absolute Gasteiger partial charge is 0.162 e. The highest BCUT2D eigenvalue weighted by atomic mass is 19.2. The van der Waals surface area contributed by atoms with Crippen molar-refractivity contribution in [1.82, 2.24) is 0 Å².